The summed E-state index contributed by atoms with van der Waals surface area (Å²) in [6.07, 6.45) is 13.6. The lowest BCUT2D eigenvalue weighted by molar-refractivity contribution is 0.736. The lowest BCUT2D eigenvalue weighted by Gasteiger charge is -2.39. The molecular formula is C37H42. The largest absolute Gasteiger partial charge is 0.0826 e. The highest BCUT2D eigenvalue weighted by atomic mass is 14.4. The SMILES string of the molecule is C/C=C(\C1=C(C)CC(C)=CC=C1)C(C)(/C(=C/C)c1cccc(C)c1C)c1cccc2cccc(CC)c12. The van der Waals surface area contributed by atoms with Gasteiger partial charge in [0.1, 0.15) is 0 Å². The Morgan fingerprint density at radius 3 is 2.22 bits per heavy atom. The fourth-order valence-electron chi connectivity index (χ4n) is 6.38. The lowest BCUT2D eigenvalue weighted by atomic mass is 9.63. The average Bonchev–Trinajstić information content (AvgIpc) is 3.06. The quantitative estimate of drug-likeness (QED) is 0.325. The number of aryl methyl sites for hydroxylation is 2. The first-order chi connectivity index (χ1) is 17.8. The predicted molar refractivity (Wildman–Crippen MR) is 164 cm³/mol. The third-order valence-electron chi connectivity index (χ3n) is 8.40. The zero-order chi connectivity index (χ0) is 26.7. The Morgan fingerprint density at radius 2 is 1.54 bits per heavy atom. The number of fused-ring (bicyclic) bond motifs is 1. The summed E-state index contributed by atoms with van der Waals surface area (Å²) in [5.41, 5.74) is 13.4. The van der Waals surface area contributed by atoms with Crippen LogP contribution in [0, 0.1) is 13.8 Å². The van der Waals surface area contributed by atoms with Crippen LogP contribution in [0.3, 0.4) is 0 Å². The summed E-state index contributed by atoms with van der Waals surface area (Å²) >= 11 is 0. The third-order valence-corrected chi connectivity index (χ3v) is 8.40. The van der Waals surface area contributed by atoms with Crippen molar-refractivity contribution in [3.8, 4) is 0 Å². The number of rotatable bonds is 6. The molecule has 0 aliphatic heterocycles. The molecule has 0 heterocycles. The van der Waals surface area contributed by atoms with Crippen LogP contribution in [-0.2, 0) is 11.8 Å². The summed E-state index contributed by atoms with van der Waals surface area (Å²) in [6.45, 7) is 18.2. The molecule has 0 nitrogen and oxygen atoms in total. The Morgan fingerprint density at radius 1 is 0.865 bits per heavy atom. The second-order valence-corrected chi connectivity index (χ2v) is 10.7. The van der Waals surface area contributed by atoms with E-state index in [-0.39, 0.29) is 5.41 Å². The smallest absolute Gasteiger partial charge is 0.0434 e. The van der Waals surface area contributed by atoms with Gasteiger partial charge in [-0.1, -0.05) is 103 Å². The minimum atomic E-state index is -0.355. The fraction of sp³-hybridized carbons (Fsp3) is 0.297. The molecule has 4 rings (SSSR count). The van der Waals surface area contributed by atoms with E-state index < -0.39 is 0 Å². The van der Waals surface area contributed by atoms with E-state index in [0.717, 1.165) is 12.8 Å². The highest BCUT2D eigenvalue weighted by Gasteiger charge is 2.39. The van der Waals surface area contributed by atoms with Crippen LogP contribution >= 0.6 is 0 Å². The number of hydrogen-bond donors (Lipinski definition) is 0. The van der Waals surface area contributed by atoms with Gasteiger partial charge in [0, 0.05) is 5.41 Å². The predicted octanol–water partition coefficient (Wildman–Crippen LogP) is 10.5. The Balaban J connectivity index is 2.15. The van der Waals surface area contributed by atoms with Gasteiger partial charge in [0.2, 0.25) is 0 Å². The molecule has 1 aliphatic rings. The Bertz CT molecular complexity index is 1480. The van der Waals surface area contributed by atoms with Crippen molar-refractivity contribution in [3.05, 3.63) is 135 Å². The zero-order valence-electron chi connectivity index (χ0n) is 24.0. The van der Waals surface area contributed by atoms with Gasteiger partial charge in [0.25, 0.3) is 0 Å². The molecule has 1 atom stereocenters. The van der Waals surface area contributed by atoms with Gasteiger partial charge in [0.05, 0.1) is 0 Å². The van der Waals surface area contributed by atoms with Crippen molar-refractivity contribution in [2.24, 2.45) is 0 Å². The maximum atomic E-state index is 2.46. The first kappa shape index (κ1) is 26.7. The standard InChI is InChI=1S/C37H42/c1-9-29-18-14-19-30-20-15-23-35(36(29)30)37(8,34(11-3)32-22-13-17-26(5)28(32)7)33(10-2)31-21-12-16-25(4)24-27(31)6/h10-23H,9,24H2,1-8H3/b33-10+,34-11+. The Kier molecular flexibility index (Phi) is 7.88. The number of benzene rings is 3. The van der Waals surface area contributed by atoms with E-state index in [2.05, 4.69) is 140 Å². The molecule has 0 amide bonds. The summed E-state index contributed by atoms with van der Waals surface area (Å²) in [6, 6.07) is 20.4. The molecule has 0 radical (unpaired) electrons. The topological polar surface area (TPSA) is 0 Å². The van der Waals surface area contributed by atoms with Crippen LogP contribution in [-0.4, -0.2) is 0 Å². The molecular weight excluding hydrogens is 444 g/mol. The van der Waals surface area contributed by atoms with Crippen molar-refractivity contribution in [2.45, 2.75) is 73.6 Å². The van der Waals surface area contributed by atoms with E-state index in [1.807, 2.05) is 0 Å². The van der Waals surface area contributed by atoms with Gasteiger partial charge in [0.15, 0.2) is 0 Å². The molecule has 3 aromatic rings. The monoisotopic (exact) mass is 486 g/mol. The van der Waals surface area contributed by atoms with E-state index in [9.17, 15) is 0 Å². The second-order valence-electron chi connectivity index (χ2n) is 10.7. The van der Waals surface area contributed by atoms with Gasteiger partial charge in [-0.05, 0) is 117 Å². The van der Waals surface area contributed by atoms with E-state index >= 15 is 0 Å². The van der Waals surface area contributed by atoms with E-state index in [0.29, 0.717) is 0 Å². The van der Waals surface area contributed by atoms with Crippen molar-refractivity contribution in [1.82, 2.24) is 0 Å². The van der Waals surface area contributed by atoms with E-state index in [1.54, 1.807) is 0 Å². The summed E-state index contributed by atoms with van der Waals surface area (Å²) in [5.74, 6) is 0. The molecule has 1 unspecified atom stereocenters. The van der Waals surface area contributed by atoms with Gasteiger partial charge >= 0.3 is 0 Å². The minimum Gasteiger partial charge on any atom is -0.0826 e. The van der Waals surface area contributed by atoms with Crippen LogP contribution in [0.25, 0.3) is 16.3 Å². The van der Waals surface area contributed by atoms with Crippen LogP contribution in [0.15, 0.2) is 107 Å². The van der Waals surface area contributed by atoms with Crippen molar-refractivity contribution in [3.63, 3.8) is 0 Å². The van der Waals surface area contributed by atoms with Crippen molar-refractivity contribution < 1.29 is 0 Å². The molecule has 0 fully saturated rings. The normalized spacial score (nSPS) is 16.6. The molecule has 1 aliphatic carbocycles. The van der Waals surface area contributed by atoms with Crippen molar-refractivity contribution >= 4 is 16.3 Å². The third kappa shape index (κ3) is 4.71. The van der Waals surface area contributed by atoms with Crippen LogP contribution in [0.4, 0.5) is 0 Å². The maximum absolute atomic E-state index is 2.46. The second kappa shape index (κ2) is 10.9. The lowest BCUT2D eigenvalue weighted by Crippen LogP contribution is -2.29. The molecule has 0 saturated carbocycles. The molecule has 0 bridgehead atoms. The molecule has 37 heavy (non-hydrogen) atoms. The fourth-order valence-corrected chi connectivity index (χ4v) is 6.38. The van der Waals surface area contributed by atoms with E-state index in [4.69, 9.17) is 0 Å². The average molecular weight is 487 g/mol. The van der Waals surface area contributed by atoms with Gasteiger partial charge < -0.3 is 0 Å². The summed E-state index contributed by atoms with van der Waals surface area (Å²) in [7, 11) is 0. The van der Waals surface area contributed by atoms with E-state index in [1.165, 1.54) is 66.5 Å². The number of hydrogen-bond acceptors (Lipinski definition) is 0. The molecule has 3 aromatic carbocycles. The molecule has 0 heteroatoms. The van der Waals surface area contributed by atoms with Crippen molar-refractivity contribution in [1.29, 1.82) is 0 Å². The van der Waals surface area contributed by atoms with Crippen LogP contribution < -0.4 is 0 Å². The highest BCUT2D eigenvalue weighted by Crippen LogP contribution is 2.51. The van der Waals surface area contributed by atoms with Crippen molar-refractivity contribution in [2.75, 3.05) is 0 Å². The molecule has 0 saturated heterocycles. The van der Waals surface area contributed by atoms with Gasteiger partial charge in [-0.25, -0.2) is 0 Å². The molecule has 190 valence electrons. The van der Waals surface area contributed by atoms with Crippen LogP contribution in [0.2, 0.25) is 0 Å². The summed E-state index contributed by atoms with van der Waals surface area (Å²) in [5, 5.41) is 2.71. The maximum Gasteiger partial charge on any atom is 0.0434 e. The molecule has 0 aromatic heterocycles. The highest BCUT2D eigenvalue weighted by molar-refractivity contribution is 5.95. The van der Waals surface area contributed by atoms with Gasteiger partial charge in [-0.15, -0.1) is 0 Å². The summed E-state index contributed by atoms with van der Waals surface area (Å²) in [4.78, 5) is 0. The Labute approximate surface area is 224 Å². The zero-order valence-corrected chi connectivity index (χ0v) is 24.0. The summed E-state index contributed by atoms with van der Waals surface area (Å²) < 4.78 is 0. The first-order valence-electron chi connectivity index (χ1n) is 13.7. The van der Waals surface area contributed by atoms with Gasteiger partial charge in [-0.2, -0.15) is 0 Å². The minimum absolute atomic E-state index is 0.355. The first-order valence-corrected chi connectivity index (χ1v) is 13.7. The van der Waals surface area contributed by atoms with Crippen LogP contribution in [0.5, 0.6) is 0 Å². The number of allylic oxidation sites excluding steroid dienone is 10. The van der Waals surface area contributed by atoms with Gasteiger partial charge in [-0.3, -0.25) is 0 Å². The molecule has 0 spiro atoms. The molecule has 0 N–H and O–H groups in total. The van der Waals surface area contributed by atoms with Crippen LogP contribution in [0.1, 0.15) is 75.8 Å². The Hall–Kier alpha value is -3.38.